The summed E-state index contributed by atoms with van der Waals surface area (Å²) in [6.45, 7) is 6.48. The van der Waals surface area contributed by atoms with E-state index in [2.05, 4.69) is 22.5 Å². The molecule has 0 saturated carbocycles. The number of rotatable bonds is 0. The van der Waals surface area contributed by atoms with E-state index in [9.17, 15) is 0 Å². The molecule has 2 saturated heterocycles. The molecule has 12 heavy (non-hydrogen) atoms. The van der Waals surface area contributed by atoms with Crippen LogP contribution in [0, 0.1) is 0 Å². The molecule has 0 aromatic heterocycles. The lowest BCUT2D eigenvalue weighted by molar-refractivity contribution is 0.0639. The van der Waals surface area contributed by atoms with E-state index in [0.29, 0.717) is 12.1 Å². The van der Waals surface area contributed by atoms with Crippen molar-refractivity contribution < 1.29 is 0 Å². The Morgan fingerprint density at radius 1 is 1.33 bits per heavy atom. The third-order valence-electron chi connectivity index (χ3n) is 2.88. The second kappa shape index (κ2) is 3.30. The van der Waals surface area contributed by atoms with Crippen molar-refractivity contribution in [2.75, 3.05) is 26.2 Å². The fourth-order valence-corrected chi connectivity index (χ4v) is 2.15. The predicted molar refractivity (Wildman–Crippen MR) is 48.8 cm³/mol. The van der Waals surface area contributed by atoms with E-state index >= 15 is 0 Å². The van der Waals surface area contributed by atoms with Gasteiger partial charge >= 0.3 is 0 Å². The number of hydrogen-bond acceptors (Lipinski definition) is 4. The summed E-state index contributed by atoms with van der Waals surface area (Å²) in [5, 5.41) is 6.72. The predicted octanol–water partition coefficient (Wildman–Crippen LogP) is -1.46. The van der Waals surface area contributed by atoms with Crippen molar-refractivity contribution in [3.05, 3.63) is 0 Å². The largest absolute Gasteiger partial charge is 0.315 e. The molecule has 0 spiro atoms. The maximum absolute atomic E-state index is 5.83. The molecular weight excluding hydrogens is 152 g/mol. The summed E-state index contributed by atoms with van der Waals surface area (Å²) < 4.78 is 0. The second-order valence-electron chi connectivity index (χ2n) is 3.87. The molecule has 4 N–H and O–H groups in total. The standard InChI is InChI=1S/C8H18N4/c1-6-2-10-3-7-4-11-8(9)5-12(6)7/h6-8,10-11H,2-5,9H2,1H3. The van der Waals surface area contributed by atoms with Crippen LogP contribution in [0.2, 0.25) is 0 Å². The summed E-state index contributed by atoms with van der Waals surface area (Å²) in [7, 11) is 0. The molecule has 3 unspecified atom stereocenters. The van der Waals surface area contributed by atoms with Crippen LogP contribution < -0.4 is 16.4 Å². The van der Waals surface area contributed by atoms with Gasteiger partial charge in [-0.15, -0.1) is 0 Å². The molecule has 0 aromatic carbocycles. The highest BCUT2D eigenvalue weighted by Gasteiger charge is 2.31. The SMILES string of the molecule is CC1CNCC2CNC(N)CN12. The quantitative estimate of drug-likeness (QED) is 0.416. The summed E-state index contributed by atoms with van der Waals surface area (Å²) in [6.07, 6.45) is 0.168. The van der Waals surface area contributed by atoms with Gasteiger partial charge in [-0.25, -0.2) is 0 Å². The van der Waals surface area contributed by atoms with E-state index in [1.807, 2.05) is 0 Å². The molecule has 4 heteroatoms. The minimum absolute atomic E-state index is 0.168. The summed E-state index contributed by atoms with van der Waals surface area (Å²) in [6, 6.07) is 1.28. The first kappa shape index (κ1) is 8.44. The van der Waals surface area contributed by atoms with Crippen LogP contribution in [-0.4, -0.2) is 49.3 Å². The van der Waals surface area contributed by atoms with Gasteiger partial charge in [-0.3, -0.25) is 10.2 Å². The van der Waals surface area contributed by atoms with Gasteiger partial charge in [-0.1, -0.05) is 0 Å². The Morgan fingerprint density at radius 3 is 3.00 bits per heavy atom. The maximum Gasteiger partial charge on any atom is 0.0678 e. The molecule has 4 nitrogen and oxygen atoms in total. The molecule has 2 aliphatic rings. The van der Waals surface area contributed by atoms with Crippen molar-refractivity contribution in [1.29, 1.82) is 0 Å². The van der Waals surface area contributed by atoms with E-state index in [1.54, 1.807) is 0 Å². The number of hydrogen-bond donors (Lipinski definition) is 3. The molecule has 2 fully saturated rings. The molecule has 3 atom stereocenters. The minimum Gasteiger partial charge on any atom is -0.315 e. The molecule has 0 bridgehead atoms. The van der Waals surface area contributed by atoms with Gasteiger partial charge in [0.05, 0.1) is 6.17 Å². The van der Waals surface area contributed by atoms with Crippen molar-refractivity contribution in [2.24, 2.45) is 5.73 Å². The number of nitrogens with two attached hydrogens (primary N) is 1. The van der Waals surface area contributed by atoms with E-state index in [0.717, 1.165) is 26.2 Å². The molecule has 0 amide bonds. The number of nitrogens with zero attached hydrogens (tertiary/aromatic N) is 1. The first-order valence-corrected chi connectivity index (χ1v) is 4.73. The lowest BCUT2D eigenvalue weighted by atomic mass is 10.1. The minimum atomic E-state index is 0.168. The topological polar surface area (TPSA) is 53.3 Å². The normalized spacial score (nSPS) is 44.0. The van der Waals surface area contributed by atoms with E-state index < -0.39 is 0 Å². The zero-order valence-corrected chi connectivity index (χ0v) is 7.59. The summed E-state index contributed by atoms with van der Waals surface area (Å²) in [5.41, 5.74) is 5.83. The number of fused-ring (bicyclic) bond motifs is 1. The molecule has 0 aliphatic carbocycles. The van der Waals surface area contributed by atoms with Crippen molar-refractivity contribution in [3.63, 3.8) is 0 Å². The average Bonchev–Trinajstić information content (AvgIpc) is 2.07. The van der Waals surface area contributed by atoms with E-state index in [-0.39, 0.29) is 6.17 Å². The van der Waals surface area contributed by atoms with Crippen LogP contribution in [0.1, 0.15) is 6.92 Å². The van der Waals surface area contributed by atoms with Gasteiger partial charge in [-0.05, 0) is 6.92 Å². The van der Waals surface area contributed by atoms with Crippen molar-refractivity contribution >= 4 is 0 Å². The molecule has 0 aromatic rings. The van der Waals surface area contributed by atoms with E-state index in [4.69, 9.17) is 5.73 Å². The average molecular weight is 170 g/mol. The van der Waals surface area contributed by atoms with Gasteiger partial charge in [0.25, 0.3) is 0 Å². The summed E-state index contributed by atoms with van der Waals surface area (Å²) in [5.74, 6) is 0. The van der Waals surface area contributed by atoms with Crippen molar-refractivity contribution in [3.8, 4) is 0 Å². The maximum atomic E-state index is 5.83. The van der Waals surface area contributed by atoms with Crippen LogP contribution in [0.25, 0.3) is 0 Å². The molecule has 0 radical (unpaired) electrons. The Hall–Kier alpha value is -0.160. The van der Waals surface area contributed by atoms with Crippen LogP contribution in [0.5, 0.6) is 0 Å². The number of piperazine rings is 2. The first-order valence-electron chi connectivity index (χ1n) is 4.73. The van der Waals surface area contributed by atoms with Crippen LogP contribution in [-0.2, 0) is 0 Å². The Kier molecular flexibility index (Phi) is 2.32. The van der Waals surface area contributed by atoms with Gasteiger partial charge in [0.2, 0.25) is 0 Å². The highest BCUT2D eigenvalue weighted by Crippen LogP contribution is 2.12. The Morgan fingerprint density at radius 2 is 2.17 bits per heavy atom. The van der Waals surface area contributed by atoms with Gasteiger partial charge in [0, 0.05) is 38.3 Å². The lowest BCUT2D eigenvalue weighted by Crippen LogP contribution is -2.68. The van der Waals surface area contributed by atoms with Gasteiger partial charge in [-0.2, -0.15) is 0 Å². The molecule has 2 heterocycles. The summed E-state index contributed by atoms with van der Waals surface area (Å²) >= 11 is 0. The van der Waals surface area contributed by atoms with Crippen molar-refractivity contribution in [2.45, 2.75) is 25.2 Å². The Labute approximate surface area is 73.5 Å². The van der Waals surface area contributed by atoms with Crippen LogP contribution >= 0.6 is 0 Å². The number of nitrogens with one attached hydrogen (secondary N) is 2. The molecule has 70 valence electrons. The van der Waals surface area contributed by atoms with Crippen molar-refractivity contribution in [1.82, 2.24) is 15.5 Å². The second-order valence-corrected chi connectivity index (χ2v) is 3.87. The molecular formula is C8H18N4. The Bertz CT molecular complexity index is 161. The highest BCUT2D eigenvalue weighted by molar-refractivity contribution is 4.91. The van der Waals surface area contributed by atoms with Crippen LogP contribution in [0.15, 0.2) is 0 Å². The monoisotopic (exact) mass is 170 g/mol. The zero-order chi connectivity index (χ0) is 8.55. The van der Waals surface area contributed by atoms with Crippen LogP contribution in [0.3, 0.4) is 0 Å². The lowest BCUT2D eigenvalue weighted by Gasteiger charge is -2.46. The van der Waals surface area contributed by atoms with E-state index in [1.165, 1.54) is 0 Å². The third-order valence-corrected chi connectivity index (χ3v) is 2.88. The third kappa shape index (κ3) is 1.47. The molecule has 2 aliphatic heterocycles. The fraction of sp³-hybridized carbons (Fsp3) is 1.00. The Balaban J connectivity index is 2.00. The molecule has 2 rings (SSSR count). The van der Waals surface area contributed by atoms with Crippen LogP contribution in [0.4, 0.5) is 0 Å². The van der Waals surface area contributed by atoms with Gasteiger partial charge < -0.3 is 11.1 Å². The van der Waals surface area contributed by atoms with Gasteiger partial charge in [0.15, 0.2) is 0 Å². The first-order chi connectivity index (χ1) is 5.77. The van der Waals surface area contributed by atoms with Gasteiger partial charge in [0.1, 0.15) is 0 Å². The zero-order valence-electron chi connectivity index (χ0n) is 7.59. The fourth-order valence-electron chi connectivity index (χ4n) is 2.15. The summed E-state index contributed by atoms with van der Waals surface area (Å²) in [4.78, 5) is 2.51. The highest BCUT2D eigenvalue weighted by atomic mass is 15.3. The smallest absolute Gasteiger partial charge is 0.0678 e.